The van der Waals surface area contributed by atoms with E-state index in [9.17, 15) is 18.0 Å². The molecule has 1 heterocycles. The van der Waals surface area contributed by atoms with Crippen LogP contribution in [0.4, 0.5) is 18.9 Å². The van der Waals surface area contributed by atoms with Crippen molar-refractivity contribution in [2.45, 2.75) is 6.18 Å². The first-order valence-electron chi connectivity index (χ1n) is 6.60. The molecule has 1 aromatic heterocycles. The number of amides is 1. The first kappa shape index (κ1) is 15.4. The van der Waals surface area contributed by atoms with Gasteiger partial charge in [-0.15, -0.1) is 0 Å². The zero-order chi connectivity index (χ0) is 16.6. The minimum absolute atomic E-state index is 0.0533. The van der Waals surface area contributed by atoms with Crippen LogP contribution >= 0.6 is 11.6 Å². The van der Waals surface area contributed by atoms with Gasteiger partial charge in [-0.1, -0.05) is 29.8 Å². The van der Waals surface area contributed by atoms with Crippen molar-refractivity contribution in [2.24, 2.45) is 0 Å². The predicted molar refractivity (Wildman–Crippen MR) is 82.7 cm³/mol. The molecule has 0 saturated carbocycles. The number of aromatic nitrogens is 1. The number of para-hydroxylation sites is 1. The summed E-state index contributed by atoms with van der Waals surface area (Å²) in [5.74, 6) is -0.629. The molecule has 2 N–H and O–H groups in total. The molecule has 7 heteroatoms. The van der Waals surface area contributed by atoms with Crippen LogP contribution in [0.15, 0.2) is 48.7 Å². The minimum Gasteiger partial charge on any atom is -0.360 e. The minimum atomic E-state index is -4.62. The van der Waals surface area contributed by atoms with Crippen LogP contribution in [0.25, 0.3) is 10.9 Å². The van der Waals surface area contributed by atoms with Gasteiger partial charge >= 0.3 is 6.18 Å². The summed E-state index contributed by atoms with van der Waals surface area (Å²) < 4.78 is 39.2. The number of nitrogens with one attached hydrogen (secondary N) is 2. The molecule has 0 saturated heterocycles. The number of anilines is 1. The van der Waals surface area contributed by atoms with Crippen molar-refractivity contribution in [3.63, 3.8) is 0 Å². The summed E-state index contributed by atoms with van der Waals surface area (Å²) in [5.41, 5.74) is -0.330. The van der Waals surface area contributed by atoms with E-state index >= 15 is 0 Å². The van der Waals surface area contributed by atoms with Crippen LogP contribution in [-0.4, -0.2) is 10.9 Å². The maximum Gasteiger partial charge on any atom is 0.418 e. The quantitative estimate of drug-likeness (QED) is 0.671. The van der Waals surface area contributed by atoms with E-state index in [-0.39, 0.29) is 16.3 Å². The number of hydrogen-bond donors (Lipinski definition) is 2. The smallest absolute Gasteiger partial charge is 0.360 e. The monoisotopic (exact) mass is 338 g/mol. The number of aromatic amines is 1. The van der Waals surface area contributed by atoms with Gasteiger partial charge in [-0.25, -0.2) is 0 Å². The maximum atomic E-state index is 13.1. The number of halogens is 4. The highest BCUT2D eigenvalue weighted by atomic mass is 35.5. The number of hydrogen-bond acceptors (Lipinski definition) is 1. The van der Waals surface area contributed by atoms with Gasteiger partial charge in [0, 0.05) is 22.1 Å². The molecule has 0 fully saturated rings. The zero-order valence-electron chi connectivity index (χ0n) is 11.5. The van der Waals surface area contributed by atoms with Crippen molar-refractivity contribution in [2.75, 3.05) is 5.32 Å². The lowest BCUT2D eigenvalue weighted by atomic mass is 10.1. The highest BCUT2D eigenvalue weighted by Gasteiger charge is 2.34. The van der Waals surface area contributed by atoms with Crippen LogP contribution < -0.4 is 5.32 Å². The van der Waals surface area contributed by atoms with Crippen molar-refractivity contribution in [1.29, 1.82) is 0 Å². The molecular weight excluding hydrogens is 329 g/mol. The molecule has 118 valence electrons. The molecule has 0 atom stereocenters. The van der Waals surface area contributed by atoms with Gasteiger partial charge in [-0.3, -0.25) is 4.79 Å². The summed E-state index contributed by atoms with van der Waals surface area (Å²) in [6, 6.07) is 10.2. The Morgan fingerprint density at radius 1 is 1.13 bits per heavy atom. The standard InChI is InChI=1S/C16H10ClF3N2O/c17-9-5-6-14(12(7-9)16(18,19)20)22-15(23)11-8-21-13-4-2-1-3-10(11)13/h1-8,21H,(H,22,23). The Hall–Kier alpha value is -2.47. The van der Waals surface area contributed by atoms with Gasteiger partial charge in [-0.05, 0) is 24.3 Å². The molecule has 3 nitrogen and oxygen atoms in total. The van der Waals surface area contributed by atoms with Crippen molar-refractivity contribution in [3.8, 4) is 0 Å². The summed E-state index contributed by atoms with van der Waals surface area (Å²) in [7, 11) is 0. The molecule has 3 aromatic rings. The van der Waals surface area contributed by atoms with Crippen molar-refractivity contribution < 1.29 is 18.0 Å². The molecule has 1 amide bonds. The molecule has 0 unspecified atom stereocenters. The van der Waals surface area contributed by atoms with E-state index in [1.54, 1.807) is 24.3 Å². The first-order chi connectivity index (χ1) is 10.9. The van der Waals surface area contributed by atoms with E-state index in [2.05, 4.69) is 10.3 Å². The Kier molecular flexibility index (Phi) is 3.77. The van der Waals surface area contributed by atoms with Gasteiger partial charge in [0.05, 0.1) is 16.8 Å². The summed E-state index contributed by atoms with van der Waals surface area (Å²) in [6.07, 6.45) is -3.16. The largest absolute Gasteiger partial charge is 0.418 e. The predicted octanol–water partition coefficient (Wildman–Crippen LogP) is 5.09. The highest BCUT2D eigenvalue weighted by molar-refractivity contribution is 6.30. The van der Waals surface area contributed by atoms with E-state index in [4.69, 9.17) is 11.6 Å². The van der Waals surface area contributed by atoms with Crippen LogP contribution in [0, 0.1) is 0 Å². The lowest BCUT2D eigenvalue weighted by molar-refractivity contribution is -0.136. The topological polar surface area (TPSA) is 44.9 Å². The Morgan fingerprint density at radius 3 is 2.61 bits per heavy atom. The Morgan fingerprint density at radius 2 is 1.87 bits per heavy atom. The number of carbonyl (C=O) groups is 1. The van der Waals surface area contributed by atoms with E-state index in [1.807, 2.05) is 0 Å². The molecule has 0 bridgehead atoms. The number of alkyl halides is 3. The van der Waals surface area contributed by atoms with E-state index < -0.39 is 17.6 Å². The van der Waals surface area contributed by atoms with Gasteiger partial charge in [0.1, 0.15) is 0 Å². The average Bonchev–Trinajstić information content (AvgIpc) is 2.92. The molecule has 0 aliphatic heterocycles. The molecule has 0 aliphatic rings. The zero-order valence-corrected chi connectivity index (χ0v) is 12.3. The Labute approximate surface area is 134 Å². The van der Waals surface area contributed by atoms with Crippen LogP contribution in [-0.2, 0) is 6.18 Å². The molecule has 2 aromatic carbocycles. The second kappa shape index (κ2) is 5.62. The van der Waals surface area contributed by atoms with Crippen LogP contribution in [0.5, 0.6) is 0 Å². The SMILES string of the molecule is O=C(Nc1ccc(Cl)cc1C(F)(F)F)c1c[nH]c2ccccc12. The Balaban J connectivity index is 1.98. The highest BCUT2D eigenvalue weighted by Crippen LogP contribution is 2.36. The third-order valence-corrected chi connectivity index (χ3v) is 3.60. The fourth-order valence-corrected chi connectivity index (χ4v) is 2.48. The number of fused-ring (bicyclic) bond motifs is 1. The number of carbonyl (C=O) groups excluding carboxylic acids is 1. The normalized spacial score (nSPS) is 11.7. The third kappa shape index (κ3) is 3.03. The van der Waals surface area contributed by atoms with Gasteiger partial charge in [0.25, 0.3) is 5.91 Å². The van der Waals surface area contributed by atoms with E-state index in [1.165, 1.54) is 12.3 Å². The number of H-pyrrole nitrogens is 1. The van der Waals surface area contributed by atoms with Gasteiger partial charge in [0.15, 0.2) is 0 Å². The maximum absolute atomic E-state index is 13.1. The molecule has 0 spiro atoms. The van der Waals surface area contributed by atoms with Crippen molar-refractivity contribution in [3.05, 3.63) is 64.8 Å². The molecule has 0 radical (unpaired) electrons. The van der Waals surface area contributed by atoms with Crippen molar-refractivity contribution in [1.82, 2.24) is 4.98 Å². The van der Waals surface area contributed by atoms with E-state index in [0.29, 0.717) is 5.39 Å². The van der Waals surface area contributed by atoms with Crippen LogP contribution in [0.2, 0.25) is 5.02 Å². The summed E-state index contributed by atoms with van der Waals surface area (Å²) >= 11 is 5.62. The summed E-state index contributed by atoms with van der Waals surface area (Å²) in [6.45, 7) is 0. The first-order valence-corrected chi connectivity index (χ1v) is 6.98. The lowest BCUT2D eigenvalue weighted by Crippen LogP contribution is -2.16. The van der Waals surface area contributed by atoms with Gasteiger partial charge in [0.2, 0.25) is 0 Å². The van der Waals surface area contributed by atoms with Crippen LogP contribution in [0.1, 0.15) is 15.9 Å². The number of benzene rings is 2. The summed E-state index contributed by atoms with van der Waals surface area (Å²) in [5, 5.41) is 2.88. The lowest BCUT2D eigenvalue weighted by Gasteiger charge is -2.14. The molecular formula is C16H10ClF3N2O. The van der Waals surface area contributed by atoms with Crippen LogP contribution in [0.3, 0.4) is 0 Å². The van der Waals surface area contributed by atoms with Gasteiger partial charge < -0.3 is 10.3 Å². The van der Waals surface area contributed by atoms with E-state index in [0.717, 1.165) is 17.6 Å². The summed E-state index contributed by atoms with van der Waals surface area (Å²) in [4.78, 5) is 15.2. The molecule has 3 rings (SSSR count). The Bertz CT molecular complexity index is 886. The third-order valence-electron chi connectivity index (χ3n) is 3.37. The fourth-order valence-electron chi connectivity index (χ4n) is 2.31. The molecule has 23 heavy (non-hydrogen) atoms. The second-order valence-electron chi connectivity index (χ2n) is 4.89. The fraction of sp³-hybridized carbons (Fsp3) is 0.0625. The molecule has 0 aliphatic carbocycles. The van der Waals surface area contributed by atoms with Gasteiger partial charge in [-0.2, -0.15) is 13.2 Å². The van der Waals surface area contributed by atoms with Crippen molar-refractivity contribution >= 4 is 34.1 Å². The second-order valence-corrected chi connectivity index (χ2v) is 5.33. The average molecular weight is 339 g/mol. The number of rotatable bonds is 2.